The average Bonchev–Trinajstić information content (AvgIpc) is 2.75. The lowest BCUT2D eigenvalue weighted by atomic mass is 10.3. The van der Waals surface area contributed by atoms with Gasteiger partial charge in [0.25, 0.3) is 10.0 Å². The molecule has 3 rings (SSSR count). The van der Waals surface area contributed by atoms with E-state index in [9.17, 15) is 17.6 Å². The molecule has 9 heteroatoms. The van der Waals surface area contributed by atoms with Crippen molar-refractivity contribution in [2.75, 3.05) is 22.8 Å². The van der Waals surface area contributed by atoms with Gasteiger partial charge in [0.1, 0.15) is 18.1 Å². The van der Waals surface area contributed by atoms with Gasteiger partial charge >= 0.3 is 0 Å². The van der Waals surface area contributed by atoms with Gasteiger partial charge in [0.2, 0.25) is 5.91 Å². The van der Waals surface area contributed by atoms with E-state index in [2.05, 4.69) is 21.2 Å². The molecule has 0 unspecified atom stereocenters. The van der Waals surface area contributed by atoms with Crippen LogP contribution in [0.15, 0.2) is 82.2 Å². The van der Waals surface area contributed by atoms with Crippen molar-refractivity contribution in [1.29, 1.82) is 0 Å². The Balaban J connectivity index is 1.92. The highest BCUT2D eigenvalue weighted by molar-refractivity contribution is 9.10. The largest absolute Gasteiger partial charge is 0.494 e. The number of hydrogen-bond acceptors (Lipinski definition) is 4. The molecule has 0 aromatic heterocycles. The van der Waals surface area contributed by atoms with Crippen LogP contribution in [0.3, 0.4) is 0 Å². The number of rotatable bonds is 8. The molecule has 0 aliphatic rings. The normalized spacial score (nSPS) is 11.1. The molecular formula is C22H20BrFN2O4S. The van der Waals surface area contributed by atoms with Crippen molar-refractivity contribution in [3.05, 3.63) is 83.1 Å². The van der Waals surface area contributed by atoms with Crippen LogP contribution in [-0.2, 0) is 14.8 Å². The predicted molar refractivity (Wildman–Crippen MR) is 121 cm³/mol. The van der Waals surface area contributed by atoms with Crippen LogP contribution in [0.2, 0.25) is 0 Å². The van der Waals surface area contributed by atoms with Crippen molar-refractivity contribution >= 4 is 43.2 Å². The molecule has 31 heavy (non-hydrogen) atoms. The van der Waals surface area contributed by atoms with E-state index in [4.69, 9.17) is 4.74 Å². The molecule has 162 valence electrons. The minimum Gasteiger partial charge on any atom is -0.494 e. The van der Waals surface area contributed by atoms with Gasteiger partial charge in [-0.15, -0.1) is 0 Å². The molecule has 0 atom stereocenters. The summed E-state index contributed by atoms with van der Waals surface area (Å²) in [5, 5.41) is 2.68. The number of hydrogen-bond donors (Lipinski definition) is 1. The first-order valence-corrected chi connectivity index (χ1v) is 11.6. The Kier molecular flexibility index (Phi) is 7.29. The van der Waals surface area contributed by atoms with Gasteiger partial charge in [0.15, 0.2) is 0 Å². The maximum Gasteiger partial charge on any atom is 0.264 e. The quantitative estimate of drug-likeness (QED) is 0.475. The summed E-state index contributed by atoms with van der Waals surface area (Å²) in [4.78, 5) is 12.5. The second kappa shape index (κ2) is 9.93. The highest BCUT2D eigenvalue weighted by atomic mass is 79.9. The minimum absolute atomic E-state index is 0.126. The van der Waals surface area contributed by atoms with Crippen molar-refractivity contribution < 1.29 is 22.3 Å². The Morgan fingerprint density at radius 3 is 2.19 bits per heavy atom. The van der Waals surface area contributed by atoms with E-state index in [0.29, 0.717) is 18.0 Å². The van der Waals surface area contributed by atoms with Crippen molar-refractivity contribution in [2.45, 2.75) is 11.8 Å². The smallest absolute Gasteiger partial charge is 0.264 e. The summed E-state index contributed by atoms with van der Waals surface area (Å²) < 4.78 is 47.1. The first-order valence-electron chi connectivity index (χ1n) is 9.36. The molecule has 0 aliphatic carbocycles. The van der Waals surface area contributed by atoms with Crippen LogP contribution in [-0.4, -0.2) is 27.5 Å². The molecule has 1 N–H and O–H groups in total. The molecule has 6 nitrogen and oxygen atoms in total. The molecule has 0 spiro atoms. The molecule has 0 heterocycles. The second-order valence-electron chi connectivity index (χ2n) is 6.45. The standard InChI is InChI=1S/C22H20BrFN2O4S/c1-2-30-20-11-9-19(10-12-20)26(31(28,29)21-13-5-17(24)6-14-21)15-22(27)25-18-7-3-16(23)4-8-18/h3-14H,2,15H2,1H3,(H,25,27). The zero-order chi connectivity index (χ0) is 22.4. The highest BCUT2D eigenvalue weighted by Gasteiger charge is 2.27. The zero-order valence-electron chi connectivity index (χ0n) is 16.6. The number of halogens is 2. The average molecular weight is 507 g/mol. The van der Waals surface area contributed by atoms with Crippen molar-refractivity contribution in [3.8, 4) is 5.75 Å². The van der Waals surface area contributed by atoms with Crippen LogP contribution >= 0.6 is 15.9 Å². The number of amides is 1. The molecule has 3 aromatic rings. The lowest BCUT2D eigenvalue weighted by molar-refractivity contribution is -0.114. The number of ether oxygens (including phenoxy) is 1. The fourth-order valence-electron chi connectivity index (χ4n) is 2.79. The molecule has 0 fully saturated rings. The van der Waals surface area contributed by atoms with E-state index in [0.717, 1.165) is 20.9 Å². The molecule has 1 amide bonds. The third kappa shape index (κ3) is 5.83. The summed E-state index contributed by atoms with van der Waals surface area (Å²) in [5.74, 6) is -0.508. The first kappa shape index (κ1) is 22.8. The summed E-state index contributed by atoms with van der Waals surface area (Å²) in [6.45, 7) is 1.84. The van der Waals surface area contributed by atoms with Gasteiger partial charge in [0.05, 0.1) is 17.2 Å². The van der Waals surface area contributed by atoms with E-state index >= 15 is 0 Å². The lowest BCUT2D eigenvalue weighted by Crippen LogP contribution is -2.38. The SMILES string of the molecule is CCOc1ccc(N(CC(=O)Nc2ccc(Br)cc2)S(=O)(=O)c2ccc(F)cc2)cc1. The molecular weight excluding hydrogens is 487 g/mol. The Labute approximate surface area is 188 Å². The Morgan fingerprint density at radius 2 is 1.61 bits per heavy atom. The minimum atomic E-state index is -4.13. The summed E-state index contributed by atoms with van der Waals surface area (Å²) in [5.41, 5.74) is 0.803. The molecule has 0 aliphatic heterocycles. The van der Waals surface area contributed by atoms with Gasteiger partial charge in [-0.25, -0.2) is 12.8 Å². The number of carbonyl (C=O) groups excluding carboxylic acids is 1. The summed E-state index contributed by atoms with van der Waals surface area (Å²) in [6, 6.07) is 17.7. The Bertz CT molecular complexity index is 1140. The maximum atomic E-state index is 13.3. The Hall–Kier alpha value is -2.91. The van der Waals surface area contributed by atoms with Gasteiger partial charge in [-0.1, -0.05) is 15.9 Å². The van der Waals surface area contributed by atoms with Crippen LogP contribution < -0.4 is 14.4 Å². The summed E-state index contributed by atoms with van der Waals surface area (Å²) in [6.07, 6.45) is 0. The monoisotopic (exact) mass is 506 g/mol. The van der Waals surface area contributed by atoms with Gasteiger partial charge in [-0.05, 0) is 79.7 Å². The van der Waals surface area contributed by atoms with Gasteiger partial charge in [-0.2, -0.15) is 0 Å². The zero-order valence-corrected chi connectivity index (χ0v) is 19.0. The number of nitrogens with zero attached hydrogens (tertiary/aromatic N) is 1. The number of carbonyl (C=O) groups is 1. The predicted octanol–water partition coefficient (Wildman–Crippen LogP) is 4.82. The summed E-state index contributed by atoms with van der Waals surface area (Å²) in [7, 11) is -4.13. The number of nitrogens with one attached hydrogen (secondary N) is 1. The summed E-state index contributed by atoms with van der Waals surface area (Å²) >= 11 is 3.32. The van der Waals surface area contributed by atoms with E-state index < -0.39 is 28.3 Å². The third-order valence-electron chi connectivity index (χ3n) is 4.25. The number of benzene rings is 3. The van der Waals surface area contributed by atoms with Crippen molar-refractivity contribution in [3.63, 3.8) is 0 Å². The second-order valence-corrected chi connectivity index (χ2v) is 9.23. The van der Waals surface area contributed by atoms with Gasteiger partial charge in [0, 0.05) is 10.2 Å². The fraction of sp³-hybridized carbons (Fsp3) is 0.136. The molecule has 0 radical (unpaired) electrons. The van der Waals surface area contributed by atoms with Crippen LogP contribution in [0.25, 0.3) is 0 Å². The topological polar surface area (TPSA) is 75.7 Å². The van der Waals surface area contributed by atoms with Crippen LogP contribution in [0.4, 0.5) is 15.8 Å². The van der Waals surface area contributed by atoms with E-state index in [1.54, 1.807) is 48.5 Å². The van der Waals surface area contributed by atoms with Crippen LogP contribution in [0.5, 0.6) is 5.75 Å². The maximum absolute atomic E-state index is 13.3. The van der Waals surface area contributed by atoms with Gasteiger partial charge < -0.3 is 10.1 Å². The molecule has 0 saturated carbocycles. The lowest BCUT2D eigenvalue weighted by Gasteiger charge is -2.24. The number of sulfonamides is 1. The van der Waals surface area contributed by atoms with Crippen molar-refractivity contribution in [1.82, 2.24) is 0 Å². The third-order valence-corrected chi connectivity index (χ3v) is 6.57. The molecule has 3 aromatic carbocycles. The van der Waals surface area contributed by atoms with Crippen LogP contribution in [0.1, 0.15) is 6.92 Å². The Morgan fingerprint density at radius 1 is 1.00 bits per heavy atom. The fourth-order valence-corrected chi connectivity index (χ4v) is 4.47. The van der Waals surface area contributed by atoms with Gasteiger partial charge in [-0.3, -0.25) is 9.10 Å². The highest BCUT2D eigenvalue weighted by Crippen LogP contribution is 2.26. The van der Waals surface area contributed by atoms with E-state index in [1.807, 2.05) is 6.92 Å². The van der Waals surface area contributed by atoms with Crippen molar-refractivity contribution in [2.24, 2.45) is 0 Å². The van der Waals surface area contributed by atoms with E-state index in [1.165, 1.54) is 12.1 Å². The molecule has 0 bridgehead atoms. The first-order chi connectivity index (χ1) is 14.8. The molecule has 0 saturated heterocycles. The van der Waals surface area contributed by atoms with E-state index in [-0.39, 0.29) is 10.6 Å². The number of anilines is 2. The van der Waals surface area contributed by atoms with Crippen LogP contribution in [0, 0.1) is 5.82 Å².